The van der Waals surface area contributed by atoms with Gasteiger partial charge in [-0.15, -0.1) is 0 Å². The van der Waals surface area contributed by atoms with Crippen molar-refractivity contribution in [3.63, 3.8) is 0 Å². The smallest absolute Gasteiger partial charge is 0.338 e. The first kappa shape index (κ1) is 18.3. The molecule has 1 N–H and O–H groups in total. The highest BCUT2D eigenvalue weighted by molar-refractivity contribution is 9.10. The maximum absolute atomic E-state index is 12.0. The van der Waals surface area contributed by atoms with Gasteiger partial charge in [0.05, 0.1) is 16.3 Å². The third-order valence-corrected chi connectivity index (χ3v) is 3.94. The van der Waals surface area contributed by atoms with Crippen LogP contribution in [-0.4, -0.2) is 32.6 Å². The second kappa shape index (κ2) is 8.17. The molecule has 0 atom stereocenters. The first-order chi connectivity index (χ1) is 11.4. The third kappa shape index (κ3) is 4.97. The van der Waals surface area contributed by atoms with Gasteiger partial charge in [0, 0.05) is 24.3 Å². The third-order valence-electron chi connectivity index (χ3n) is 3.14. The number of ether oxygens (including phenoxy) is 1. The number of nitrogens with zero attached hydrogens (tertiary/aromatic N) is 1. The van der Waals surface area contributed by atoms with Crippen LogP contribution in [0.25, 0.3) is 0 Å². The Morgan fingerprint density at radius 3 is 2.62 bits per heavy atom. The largest absolute Gasteiger partial charge is 0.452 e. The van der Waals surface area contributed by atoms with Crippen molar-refractivity contribution in [3.05, 3.63) is 57.5 Å². The molecular weight excluding hydrogens is 396 g/mol. The summed E-state index contributed by atoms with van der Waals surface area (Å²) in [5.74, 6) is -1.02. The van der Waals surface area contributed by atoms with Crippen molar-refractivity contribution in [1.29, 1.82) is 0 Å². The number of hydrogen-bond donors (Lipinski definition) is 1. The first-order valence-electron chi connectivity index (χ1n) is 7.06. The standard InChI is InChI=1S/C17H16BrClN2O3/c1-21(2)13-5-3-4-11(8-13)17(23)24-10-16(22)20-15-7-6-12(18)9-14(15)19/h3-9H,10H2,1-2H3,(H,20,22). The lowest BCUT2D eigenvalue weighted by Gasteiger charge is -2.13. The van der Waals surface area contributed by atoms with Gasteiger partial charge in [0.2, 0.25) is 0 Å². The Hall–Kier alpha value is -2.05. The summed E-state index contributed by atoms with van der Waals surface area (Å²) in [6, 6.07) is 12.0. The molecule has 5 nitrogen and oxygen atoms in total. The Bertz CT molecular complexity index is 765. The second-order valence-corrected chi connectivity index (χ2v) is 6.52. The minimum absolute atomic E-state index is 0.385. The lowest BCUT2D eigenvalue weighted by Crippen LogP contribution is -2.21. The number of hydrogen-bond acceptors (Lipinski definition) is 4. The van der Waals surface area contributed by atoms with E-state index in [1.165, 1.54) is 0 Å². The fraction of sp³-hybridized carbons (Fsp3) is 0.176. The molecule has 1 amide bonds. The highest BCUT2D eigenvalue weighted by atomic mass is 79.9. The van der Waals surface area contributed by atoms with Crippen LogP contribution in [0.15, 0.2) is 46.9 Å². The van der Waals surface area contributed by atoms with Crippen LogP contribution >= 0.6 is 27.5 Å². The fourth-order valence-corrected chi connectivity index (χ4v) is 2.62. The van der Waals surface area contributed by atoms with Crippen molar-refractivity contribution in [2.75, 3.05) is 30.9 Å². The Morgan fingerprint density at radius 1 is 1.21 bits per heavy atom. The zero-order chi connectivity index (χ0) is 17.7. The summed E-state index contributed by atoms with van der Waals surface area (Å²) >= 11 is 9.31. The highest BCUT2D eigenvalue weighted by Crippen LogP contribution is 2.25. The molecule has 24 heavy (non-hydrogen) atoms. The van der Waals surface area contributed by atoms with Gasteiger partial charge in [0.1, 0.15) is 0 Å². The molecule has 0 aliphatic rings. The van der Waals surface area contributed by atoms with E-state index in [1.54, 1.807) is 36.4 Å². The number of halogens is 2. The molecule has 0 saturated carbocycles. The molecule has 0 aliphatic heterocycles. The zero-order valence-corrected chi connectivity index (χ0v) is 15.5. The Morgan fingerprint density at radius 2 is 1.96 bits per heavy atom. The maximum atomic E-state index is 12.0. The number of benzene rings is 2. The summed E-state index contributed by atoms with van der Waals surface area (Å²) in [4.78, 5) is 25.8. The summed E-state index contributed by atoms with van der Waals surface area (Å²) in [7, 11) is 3.75. The molecule has 126 valence electrons. The molecule has 7 heteroatoms. The molecule has 0 aliphatic carbocycles. The first-order valence-corrected chi connectivity index (χ1v) is 8.23. The Balaban J connectivity index is 1.93. The van der Waals surface area contributed by atoms with Gasteiger partial charge in [-0.3, -0.25) is 4.79 Å². The maximum Gasteiger partial charge on any atom is 0.338 e. The molecule has 0 fully saturated rings. The Kier molecular flexibility index (Phi) is 6.23. The van der Waals surface area contributed by atoms with Crippen molar-refractivity contribution >= 4 is 50.8 Å². The SMILES string of the molecule is CN(C)c1cccc(C(=O)OCC(=O)Nc2ccc(Br)cc2Cl)c1. The quantitative estimate of drug-likeness (QED) is 0.757. The van der Waals surface area contributed by atoms with Crippen molar-refractivity contribution in [2.24, 2.45) is 0 Å². The van der Waals surface area contributed by atoms with Crippen LogP contribution in [-0.2, 0) is 9.53 Å². The monoisotopic (exact) mass is 410 g/mol. The van der Waals surface area contributed by atoms with Gasteiger partial charge < -0.3 is 15.0 Å². The highest BCUT2D eigenvalue weighted by Gasteiger charge is 2.12. The molecule has 2 aromatic carbocycles. The number of nitrogens with one attached hydrogen (secondary N) is 1. The topological polar surface area (TPSA) is 58.6 Å². The van der Waals surface area contributed by atoms with Crippen LogP contribution in [0, 0.1) is 0 Å². The number of esters is 1. The normalized spacial score (nSPS) is 10.2. The molecule has 0 saturated heterocycles. The molecule has 2 rings (SSSR count). The van der Waals surface area contributed by atoms with Crippen LogP contribution in [0.3, 0.4) is 0 Å². The summed E-state index contributed by atoms with van der Waals surface area (Å²) in [6.07, 6.45) is 0. The number of carbonyl (C=O) groups excluding carboxylic acids is 2. The van der Waals surface area contributed by atoms with Crippen LogP contribution in [0.2, 0.25) is 5.02 Å². The van der Waals surface area contributed by atoms with E-state index in [1.807, 2.05) is 25.1 Å². The van der Waals surface area contributed by atoms with Gasteiger partial charge in [-0.05, 0) is 36.4 Å². The predicted octanol–water partition coefficient (Wildman–Crippen LogP) is 3.96. The van der Waals surface area contributed by atoms with E-state index in [0.717, 1.165) is 10.2 Å². The molecular formula is C17H16BrClN2O3. The lowest BCUT2D eigenvalue weighted by molar-refractivity contribution is -0.119. The van der Waals surface area contributed by atoms with Gasteiger partial charge in [-0.2, -0.15) is 0 Å². The molecule has 0 aromatic heterocycles. The van der Waals surface area contributed by atoms with Crippen LogP contribution in [0.1, 0.15) is 10.4 Å². The van der Waals surface area contributed by atoms with Crippen molar-refractivity contribution < 1.29 is 14.3 Å². The molecule has 2 aromatic rings. The van der Waals surface area contributed by atoms with E-state index in [9.17, 15) is 9.59 Å². The summed E-state index contributed by atoms with van der Waals surface area (Å²) in [5.41, 5.74) is 1.71. The van der Waals surface area contributed by atoms with E-state index in [0.29, 0.717) is 16.3 Å². The van der Waals surface area contributed by atoms with Gasteiger partial charge in [0.25, 0.3) is 5.91 Å². The summed E-state index contributed by atoms with van der Waals surface area (Å²) < 4.78 is 5.84. The van der Waals surface area contributed by atoms with Crippen molar-refractivity contribution in [2.45, 2.75) is 0 Å². The van der Waals surface area contributed by atoms with E-state index < -0.39 is 18.5 Å². The van der Waals surface area contributed by atoms with Gasteiger partial charge in [-0.1, -0.05) is 33.6 Å². The van der Waals surface area contributed by atoms with Crippen molar-refractivity contribution in [3.8, 4) is 0 Å². The average molecular weight is 412 g/mol. The molecule has 0 heterocycles. The molecule has 0 spiro atoms. The van der Waals surface area contributed by atoms with Crippen LogP contribution in [0.4, 0.5) is 11.4 Å². The van der Waals surface area contributed by atoms with Crippen LogP contribution in [0.5, 0.6) is 0 Å². The summed E-state index contributed by atoms with van der Waals surface area (Å²) in [5, 5.41) is 2.99. The fourth-order valence-electron chi connectivity index (χ4n) is 1.90. The predicted molar refractivity (Wildman–Crippen MR) is 98.8 cm³/mol. The van der Waals surface area contributed by atoms with Crippen molar-refractivity contribution in [1.82, 2.24) is 0 Å². The second-order valence-electron chi connectivity index (χ2n) is 5.19. The van der Waals surface area contributed by atoms with E-state index in [-0.39, 0.29) is 0 Å². The summed E-state index contributed by atoms with van der Waals surface area (Å²) in [6.45, 7) is -0.391. The number of anilines is 2. The van der Waals surface area contributed by atoms with Gasteiger partial charge in [0.15, 0.2) is 6.61 Å². The van der Waals surface area contributed by atoms with Gasteiger partial charge in [-0.25, -0.2) is 4.79 Å². The Labute approximate surface area is 153 Å². The zero-order valence-electron chi connectivity index (χ0n) is 13.2. The van der Waals surface area contributed by atoms with Crippen LogP contribution < -0.4 is 10.2 Å². The van der Waals surface area contributed by atoms with E-state index in [2.05, 4.69) is 21.2 Å². The minimum Gasteiger partial charge on any atom is -0.452 e. The average Bonchev–Trinajstić information content (AvgIpc) is 2.55. The number of rotatable bonds is 5. The number of amides is 1. The minimum atomic E-state index is -0.559. The molecule has 0 bridgehead atoms. The lowest BCUT2D eigenvalue weighted by atomic mass is 10.2. The number of carbonyl (C=O) groups is 2. The van der Waals surface area contributed by atoms with Gasteiger partial charge >= 0.3 is 5.97 Å². The van der Waals surface area contributed by atoms with E-state index >= 15 is 0 Å². The molecule has 0 radical (unpaired) electrons. The van der Waals surface area contributed by atoms with E-state index in [4.69, 9.17) is 16.3 Å². The molecule has 0 unspecified atom stereocenters.